The van der Waals surface area contributed by atoms with E-state index in [1.165, 1.54) is 129 Å². The Morgan fingerprint density at radius 2 is 0.845 bits per heavy atom. The Kier molecular flexibility index (Phi) is 9.94. The van der Waals surface area contributed by atoms with Gasteiger partial charge in [-0.3, -0.25) is 0 Å². The maximum absolute atomic E-state index is 2.63. The van der Waals surface area contributed by atoms with Crippen LogP contribution in [0, 0.1) is 0 Å². The van der Waals surface area contributed by atoms with Gasteiger partial charge in [-0.05, 0) is 155 Å². The zero-order valence-corrected chi connectivity index (χ0v) is 44.0. The van der Waals surface area contributed by atoms with Gasteiger partial charge < -0.3 is 9.80 Å². The van der Waals surface area contributed by atoms with Gasteiger partial charge in [-0.25, -0.2) is 0 Å². The van der Waals surface area contributed by atoms with Gasteiger partial charge in [-0.15, -0.1) is 22.7 Å². The summed E-state index contributed by atoms with van der Waals surface area (Å²) in [6, 6.07) is 65.4. The molecular formula is C66H59BN2S2. The Hall–Kier alpha value is -6.66. The lowest BCUT2D eigenvalue weighted by atomic mass is 9.39. The van der Waals surface area contributed by atoms with Crippen LogP contribution in [0.15, 0.2) is 170 Å². The van der Waals surface area contributed by atoms with Crippen LogP contribution >= 0.6 is 22.7 Å². The van der Waals surface area contributed by atoms with Gasteiger partial charge in [0.1, 0.15) is 0 Å². The molecular weight excluding hydrogens is 896 g/mol. The molecule has 11 aromatic rings. The lowest BCUT2D eigenvalue weighted by Crippen LogP contribution is -2.59. The molecule has 0 atom stereocenters. The van der Waals surface area contributed by atoms with Gasteiger partial charge in [0.15, 0.2) is 0 Å². The van der Waals surface area contributed by atoms with Crippen LogP contribution in [0.1, 0.15) is 91.8 Å². The molecule has 4 heterocycles. The van der Waals surface area contributed by atoms with Gasteiger partial charge in [0.25, 0.3) is 6.71 Å². The minimum Gasteiger partial charge on any atom is -0.310 e. The number of anilines is 6. The Morgan fingerprint density at radius 3 is 1.32 bits per heavy atom. The maximum atomic E-state index is 2.63. The van der Waals surface area contributed by atoms with Crippen molar-refractivity contribution >= 4 is 131 Å². The standard InChI is InChI=1S/C66H59BN2S2/c1-10-65(6,7)42-30-36-56-52(38-42)60-62(70-56)67-59-54(68(60)44-32-26-40(27-33-44)46-22-16-23-51-49-19-13-12-18-47(49)48-20-14-15-21-50(48)58(46)51)24-17-25-55(59)69(45-34-28-41(29-35-45)64(3,4)5)61-53-39-43(66(8,9)11-2)31-37-57(53)71-63(61)67/h12-39H,10-11H2,1-9H3. The second kappa shape index (κ2) is 15.9. The monoisotopic (exact) mass is 954 g/mol. The number of thiophene rings is 2. The molecule has 0 amide bonds. The van der Waals surface area contributed by atoms with E-state index in [-0.39, 0.29) is 23.0 Å². The molecule has 2 aliphatic rings. The van der Waals surface area contributed by atoms with Crippen molar-refractivity contribution in [3.8, 4) is 11.1 Å². The topological polar surface area (TPSA) is 6.48 Å². The second-order valence-electron chi connectivity index (χ2n) is 22.5. The average molecular weight is 955 g/mol. The van der Waals surface area contributed by atoms with Gasteiger partial charge in [-0.2, -0.15) is 0 Å². The van der Waals surface area contributed by atoms with Crippen LogP contribution in [0.4, 0.5) is 34.1 Å². The Labute approximate surface area is 427 Å². The quantitative estimate of drug-likeness (QED) is 0.116. The van der Waals surface area contributed by atoms with E-state index < -0.39 is 0 Å². The number of nitrogens with zero attached hydrogens (tertiary/aromatic N) is 2. The molecule has 0 saturated carbocycles. The molecule has 2 nitrogen and oxygen atoms in total. The zero-order chi connectivity index (χ0) is 48.7. The minimum absolute atomic E-state index is 0.0414. The van der Waals surface area contributed by atoms with Gasteiger partial charge >= 0.3 is 0 Å². The number of rotatable bonds is 7. The SMILES string of the molecule is CCC(C)(C)c1ccc2sc3c(c2c1)N(c1ccc(-c2cccc4c5ccccc5c5ccccc5c24)cc1)c1cccc2c1B3c1sc3ccc(C(C)(C)CC)cc3c1N2c1ccc(C(C)(C)C)cc1. The van der Waals surface area contributed by atoms with E-state index in [2.05, 4.69) is 242 Å². The van der Waals surface area contributed by atoms with Crippen molar-refractivity contribution in [2.45, 2.75) is 91.4 Å². The van der Waals surface area contributed by atoms with Crippen LogP contribution < -0.4 is 24.8 Å². The van der Waals surface area contributed by atoms with Crippen molar-refractivity contribution in [2.24, 2.45) is 0 Å². The number of fused-ring (bicyclic) bond motifs is 14. The van der Waals surface area contributed by atoms with E-state index in [9.17, 15) is 0 Å². The van der Waals surface area contributed by atoms with Crippen molar-refractivity contribution in [3.05, 3.63) is 187 Å². The third kappa shape index (κ3) is 6.65. The fourth-order valence-electron chi connectivity index (χ4n) is 11.8. The molecule has 0 aliphatic carbocycles. The predicted molar refractivity (Wildman–Crippen MR) is 315 cm³/mol. The fraction of sp³-hybridized carbons (Fsp3) is 0.212. The molecule has 0 bridgehead atoms. The normalized spacial score (nSPS) is 13.7. The molecule has 0 fully saturated rings. The maximum Gasteiger partial charge on any atom is 0.277 e. The molecule has 0 spiro atoms. The molecule has 0 unspecified atom stereocenters. The highest BCUT2D eigenvalue weighted by molar-refractivity contribution is 7.40. The van der Waals surface area contributed by atoms with Crippen molar-refractivity contribution in [1.82, 2.24) is 0 Å². The molecule has 13 rings (SSSR count). The van der Waals surface area contributed by atoms with E-state index in [0.29, 0.717) is 0 Å². The summed E-state index contributed by atoms with van der Waals surface area (Å²) >= 11 is 4.00. The van der Waals surface area contributed by atoms with E-state index in [1.807, 2.05) is 22.7 Å². The van der Waals surface area contributed by atoms with E-state index in [0.717, 1.165) is 12.8 Å². The fourth-order valence-corrected chi connectivity index (χ4v) is 14.4. The summed E-state index contributed by atoms with van der Waals surface area (Å²) in [6.07, 6.45) is 2.14. The molecule has 2 aliphatic heterocycles. The molecule has 2 aromatic heterocycles. The number of hydrogen-bond acceptors (Lipinski definition) is 4. The summed E-state index contributed by atoms with van der Waals surface area (Å²) in [5.41, 5.74) is 15.7. The minimum atomic E-state index is 0.0414. The summed E-state index contributed by atoms with van der Waals surface area (Å²) in [5, 5.41) is 10.5. The molecule has 9 aromatic carbocycles. The van der Waals surface area contributed by atoms with Crippen LogP contribution in [0.3, 0.4) is 0 Å². The summed E-state index contributed by atoms with van der Waals surface area (Å²) in [4.78, 5) is 5.25. The first-order chi connectivity index (χ1) is 34.3. The Balaban J connectivity index is 1.06. The molecule has 348 valence electrons. The number of benzene rings is 9. The largest absolute Gasteiger partial charge is 0.310 e. The van der Waals surface area contributed by atoms with Crippen molar-refractivity contribution in [3.63, 3.8) is 0 Å². The van der Waals surface area contributed by atoms with Crippen LogP contribution in [0.2, 0.25) is 0 Å². The Morgan fingerprint density at radius 1 is 0.423 bits per heavy atom. The highest BCUT2D eigenvalue weighted by Gasteiger charge is 2.47. The third-order valence-electron chi connectivity index (χ3n) is 16.7. The summed E-state index contributed by atoms with van der Waals surface area (Å²) in [6.45, 7) is 21.2. The van der Waals surface area contributed by atoms with Crippen LogP contribution in [0.25, 0.3) is 63.6 Å². The van der Waals surface area contributed by atoms with Gasteiger partial charge in [0.2, 0.25) is 0 Å². The van der Waals surface area contributed by atoms with Gasteiger partial charge in [0.05, 0.1) is 11.4 Å². The van der Waals surface area contributed by atoms with E-state index in [1.54, 1.807) is 0 Å². The second-order valence-corrected chi connectivity index (χ2v) is 24.7. The lowest BCUT2D eigenvalue weighted by molar-refractivity contribution is 0.507. The summed E-state index contributed by atoms with van der Waals surface area (Å²) in [7, 11) is 0. The van der Waals surface area contributed by atoms with Gasteiger partial charge in [0, 0.05) is 52.5 Å². The molecule has 0 radical (unpaired) electrons. The van der Waals surface area contributed by atoms with Crippen molar-refractivity contribution < 1.29 is 0 Å². The summed E-state index contributed by atoms with van der Waals surface area (Å²) < 4.78 is 5.54. The van der Waals surface area contributed by atoms with Gasteiger partial charge in [-0.1, -0.05) is 172 Å². The van der Waals surface area contributed by atoms with Crippen molar-refractivity contribution in [2.75, 3.05) is 9.80 Å². The zero-order valence-electron chi connectivity index (χ0n) is 42.4. The van der Waals surface area contributed by atoms with E-state index in [4.69, 9.17) is 0 Å². The van der Waals surface area contributed by atoms with Crippen molar-refractivity contribution in [1.29, 1.82) is 0 Å². The third-order valence-corrected chi connectivity index (χ3v) is 19.2. The lowest BCUT2D eigenvalue weighted by Gasteiger charge is -2.42. The molecule has 0 saturated heterocycles. The van der Waals surface area contributed by atoms with E-state index >= 15 is 0 Å². The van der Waals surface area contributed by atoms with Crippen LogP contribution in [-0.4, -0.2) is 6.71 Å². The van der Waals surface area contributed by atoms with Crippen LogP contribution in [0.5, 0.6) is 0 Å². The highest BCUT2D eigenvalue weighted by atomic mass is 32.1. The Bertz CT molecular complexity index is 3910. The molecule has 71 heavy (non-hydrogen) atoms. The predicted octanol–water partition coefficient (Wildman–Crippen LogP) is 18.0. The average Bonchev–Trinajstić information content (AvgIpc) is 3.97. The first kappa shape index (κ1) is 44.3. The summed E-state index contributed by atoms with van der Waals surface area (Å²) in [5.74, 6) is 0. The number of hydrogen-bond donors (Lipinski definition) is 0. The highest BCUT2D eigenvalue weighted by Crippen LogP contribution is 2.52. The molecule has 0 N–H and O–H groups in total. The molecule has 5 heteroatoms. The smallest absolute Gasteiger partial charge is 0.277 e. The first-order valence-electron chi connectivity index (χ1n) is 25.7. The first-order valence-corrected chi connectivity index (χ1v) is 27.3. The van der Waals surface area contributed by atoms with Crippen LogP contribution in [-0.2, 0) is 16.2 Å².